The minimum Gasteiger partial charge on any atom is -0.323 e. The van der Waals surface area contributed by atoms with Gasteiger partial charge in [0.05, 0.1) is 0 Å². The molecule has 106 valence electrons. The molecule has 0 amide bonds. The van der Waals surface area contributed by atoms with Crippen molar-refractivity contribution in [3.8, 4) is 0 Å². The standard InChI is InChI=1S/C17H20ClNS/c1-12-7-8-15(13(2)9-12)17(19)11-20-10-14-5-3-4-6-16(14)18/h3-9,17H,10-11,19H2,1-2H3. The highest BCUT2D eigenvalue weighted by molar-refractivity contribution is 7.98. The zero-order valence-electron chi connectivity index (χ0n) is 11.9. The average molecular weight is 306 g/mol. The summed E-state index contributed by atoms with van der Waals surface area (Å²) in [6.45, 7) is 4.23. The predicted octanol–water partition coefficient (Wildman–Crippen LogP) is 4.89. The van der Waals surface area contributed by atoms with Gasteiger partial charge in [0.15, 0.2) is 0 Å². The summed E-state index contributed by atoms with van der Waals surface area (Å²) in [6, 6.07) is 14.5. The molecule has 0 aliphatic rings. The van der Waals surface area contributed by atoms with Crippen molar-refractivity contribution in [2.45, 2.75) is 25.6 Å². The summed E-state index contributed by atoms with van der Waals surface area (Å²) in [7, 11) is 0. The Morgan fingerprint density at radius 2 is 1.90 bits per heavy atom. The highest BCUT2D eigenvalue weighted by Gasteiger charge is 2.09. The van der Waals surface area contributed by atoms with E-state index in [-0.39, 0.29) is 6.04 Å². The number of halogens is 1. The largest absolute Gasteiger partial charge is 0.323 e. The molecule has 2 N–H and O–H groups in total. The number of rotatable bonds is 5. The van der Waals surface area contributed by atoms with Crippen LogP contribution < -0.4 is 5.73 Å². The molecule has 0 saturated carbocycles. The highest BCUT2D eigenvalue weighted by atomic mass is 35.5. The first-order valence-electron chi connectivity index (χ1n) is 6.72. The lowest BCUT2D eigenvalue weighted by atomic mass is 10.0. The molecule has 1 atom stereocenters. The van der Waals surface area contributed by atoms with Crippen LogP contribution in [0, 0.1) is 13.8 Å². The van der Waals surface area contributed by atoms with E-state index in [0.717, 1.165) is 16.5 Å². The van der Waals surface area contributed by atoms with Crippen LogP contribution in [0.15, 0.2) is 42.5 Å². The number of hydrogen-bond donors (Lipinski definition) is 1. The van der Waals surface area contributed by atoms with E-state index in [1.807, 2.05) is 30.0 Å². The Kier molecular flexibility index (Phi) is 5.53. The van der Waals surface area contributed by atoms with E-state index in [1.165, 1.54) is 22.3 Å². The van der Waals surface area contributed by atoms with E-state index >= 15 is 0 Å². The SMILES string of the molecule is Cc1ccc(C(N)CSCc2ccccc2Cl)c(C)c1. The van der Waals surface area contributed by atoms with Gasteiger partial charge >= 0.3 is 0 Å². The van der Waals surface area contributed by atoms with E-state index in [0.29, 0.717) is 0 Å². The Balaban J connectivity index is 1.92. The first kappa shape index (κ1) is 15.4. The molecule has 2 rings (SSSR count). The first-order chi connectivity index (χ1) is 9.58. The second kappa shape index (κ2) is 7.16. The second-order valence-electron chi connectivity index (χ2n) is 5.07. The van der Waals surface area contributed by atoms with Gasteiger partial charge in [0.25, 0.3) is 0 Å². The van der Waals surface area contributed by atoms with Gasteiger partial charge in [-0.15, -0.1) is 0 Å². The summed E-state index contributed by atoms with van der Waals surface area (Å²) >= 11 is 7.98. The fraction of sp³-hybridized carbons (Fsp3) is 0.294. The number of thioether (sulfide) groups is 1. The Morgan fingerprint density at radius 1 is 1.15 bits per heavy atom. The average Bonchev–Trinajstić information content (AvgIpc) is 2.40. The smallest absolute Gasteiger partial charge is 0.0446 e. The number of hydrogen-bond acceptors (Lipinski definition) is 2. The molecule has 20 heavy (non-hydrogen) atoms. The van der Waals surface area contributed by atoms with Crippen molar-refractivity contribution < 1.29 is 0 Å². The van der Waals surface area contributed by atoms with Crippen LogP contribution >= 0.6 is 23.4 Å². The maximum absolute atomic E-state index is 6.29. The Morgan fingerprint density at radius 3 is 2.60 bits per heavy atom. The number of nitrogens with two attached hydrogens (primary N) is 1. The van der Waals surface area contributed by atoms with Crippen LogP contribution in [0.4, 0.5) is 0 Å². The summed E-state index contributed by atoms with van der Waals surface area (Å²) < 4.78 is 0. The minimum atomic E-state index is 0.0723. The summed E-state index contributed by atoms with van der Waals surface area (Å²) in [5, 5.41) is 0.833. The van der Waals surface area contributed by atoms with Crippen molar-refractivity contribution >= 4 is 23.4 Å². The molecule has 0 aliphatic carbocycles. The normalized spacial score (nSPS) is 12.4. The van der Waals surface area contributed by atoms with E-state index < -0.39 is 0 Å². The third-order valence-electron chi connectivity index (χ3n) is 3.34. The van der Waals surface area contributed by atoms with Gasteiger partial charge in [0.2, 0.25) is 0 Å². The van der Waals surface area contributed by atoms with Crippen LogP contribution in [0.5, 0.6) is 0 Å². The van der Waals surface area contributed by atoms with E-state index in [9.17, 15) is 0 Å². The van der Waals surface area contributed by atoms with Crippen molar-refractivity contribution in [2.75, 3.05) is 5.75 Å². The van der Waals surface area contributed by atoms with Crippen LogP contribution in [-0.4, -0.2) is 5.75 Å². The minimum absolute atomic E-state index is 0.0723. The second-order valence-corrected chi connectivity index (χ2v) is 6.51. The molecule has 0 saturated heterocycles. The van der Waals surface area contributed by atoms with Gasteiger partial charge in [-0.25, -0.2) is 0 Å². The molecule has 1 nitrogen and oxygen atoms in total. The maximum Gasteiger partial charge on any atom is 0.0446 e. The van der Waals surface area contributed by atoms with Crippen LogP contribution in [0.25, 0.3) is 0 Å². The quantitative estimate of drug-likeness (QED) is 0.851. The van der Waals surface area contributed by atoms with E-state index in [2.05, 4.69) is 38.1 Å². The van der Waals surface area contributed by atoms with Crippen LogP contribution in [0.2, 0.25) is 5.02 Å². The molecule has 0 radical (unpaired) electrons. The first-order valence-corrected chi connectivity index (χ1v) is 8.25. The van der Waals surface area contributed by atoms with Crippen LogP contribution in [-0.2, 0) is 5.75 Å². The van der Waals surface area contributed by atoms with E-state index in [4.69, 9.17) is 17.3 Å². The Hall–Kier alpha value is -0.960. The van der Waals surface area contributed by atoms with Gasteiger partial charge in [0.1, 0.15) is 0 Å². The molecule has 0 fully saturated rings. The van der Waals surface area contributed by atoms with E-state index in [1.54, 1.807) is 0 Å². The molecule has 0 bridgehead atoms. The van der Waals surface area contributed by atoms with Gasteiger partial charge in [-0.2, -0.15) is 11.8 Å². The lowest BCUT2D eigenvalue weighted by Gasteiger charge is -2.15. The molecular weight excluding hydrogens is 286 g/mol. The van der Waals surface area contributed by atoms with Crippen molar-refractivity contribution in [1.29, 1.82) is 0 Å². The molecule has 0 spiro atoms. The Bertz CT molecular complexity index is 583. The predicted molar refractivity (Wildman–Crippen MR) is 90.5 cm³/mol. The fourth-order valence-corrected chi connectivity index (χ4v) is 3.55. The van der Waals surface area contributed by atoms with Gasteiger partial charge in [0, 0.05) is 22.6 Å². The topological polar surface area (TPSA) is 26.0 Å². The maximum atomic E-state index is 6.29. The van der Waals surface area contributed by atoms with Crippen molar-refractivity contribution in [1.82, 2.24) is 0 Å². The van der Waals surface area contributed by atoms with Crippen LogP contribution in [0.3, 0.4) is 0 Å². The molecule has 0 aliphatic heterocycles. The third kappa shape index (κ3) is 4.02. The van der Waals surface area contributed by atoms with Gasteiger partial charge in [-0.05, 0) is 36.6 Å². The van der Waals surface area contributed by atoms with Crippen LogP contribution in [0.1, 0.15) is 28.3 Å². The molecule has 3 heteroatoms. The molecule has 2 aromatic rings. The summed E-state index contributed by atoms with van der Waals surface area (Å²) in [6.07, 6.45) is 0. The highest BCUT2D eigenvalue weighted by Crippen LogP contribution is 2.25. The Labute approximate surface area is 130 Å². The third-order valence-corrected chi connectivity index (χ3v) is 4.82. The molecule has 1 unspecified atom stereocenters. The zero-order valence-corrected chi connectivity index (χ0v) is 13.5. The van der Waals surface area contributed by atoms with Gasteiger partial charge in [-0.3, -0.25) is 0 Å². The zero-order chi connectivity index (χ0) is 14.5. The van der Waals surface area contributed by atoms with Crippen molar-refractivity contribution in [2.24, 2.45) is 5.73 Å². The summed E-state index contributed by atoms with van der Waals surface area (Å²) in [5.74, 6) is 1.80. The lowest BCUT2D eigenvalue weighted by molar-refractivity contribution is 0.822. The fourth-order valence-electron chi connectivity index (χ4n) is 2.24. The molecule has 0 aromatic heterocycles. The molecule has 0 heterocycles. The molecular formula is C17H20ClNS. The van der Waals surface area contributed by atoms with Gasteiger partial charge in [-0.1, -0.05) is 53.6 Å². The summed E-state index contributed by atoms with van der Waals surface area (Å²) in [4.78, 5) is 0. The number of aryl methyl sites for hydroxylation is 2. The van der Waals surface area contributed by atoms with Gasteiger partial charge < -0.3 is 5.73 Å². The van der Waals surface area contributed by atoms with Crippen molar-refractivity contribution in [3.05, 3.63) is 69.7 Å². The lowest BCUT2D eigenvalue weighted by Crippen LogP contribution is -2.14. The van der Waals surface area contributed by atoms with Crippen molar-refractivity contribution in [3.63, 3.8) is 0 Å². The summed E-state index contributed by atoms with van der Waals surface area (Å²) in [5.41, 5.74) is 11.3. The number of benzene rings is 2. The molecule has 2 aromatic carbocycles. The monoisotopic (exact) mass is 305 g/mol.